The second-order valence-electron chi connectivity index (χ2n) is 9.58. The van der Waals surface area contributed by atoms with Gasteiger partial charge in [-0.1, -0.05) is 69.6 Å². The number of rotatable bonds is 6. The van der Waals surface area contributed by atoms with Crippen molar-refractivity contribution in [2.24, 2.45) is 5.92 Å². The van der Waals surface area contributed by atoms with Crippen molar-refractivity contribution in [3.63, 3.8) is 0 Å². The lowest BCUT2D eigenvalue weighted by Crippen LogP contribution is -2.28. The lowest BCUT2D eigenvalue weighted by molar-refractivity contribution is 0.00742. The van der Waals surface area contributed by atoms with Crippen LogP contribution in [0.25, 0.3) is 5.53 Å². The minimum atomic E-state index is -3.32. The van der Waals surface area contributed by atoms with Crippen molar-refractivity contribution in [3.05, 3.63) is 5.53 Å². The molecule has 1 fully saturated rings. The minimum Gasteiger partial charge on any atom is -0.361 e. The van der Waals surface area contributed by atoms with Crippen LogP contribution >= 0.6 is 0 Å². The van der Waals surface area contributed by atoms with Crippen LogP contribution in [0.5, 0.6) is 0 Å². The van der Waals surface area contributed by atoms with Crippen molar-refractivity contribution in [3.8, 4) is 217 Å². The van der Waals surface area contributed by atoms with Gasteiger partial charge in [0.15, 0.2) is 0 Å². The van der Waals surface area contributed by atoms with Crippen LogP contribution in [0.2, 0.25) is 0 Å². The number of hydrogen-bond donors (Lipinski definition) is 0. The SMILES string of the molecule is C.C#C.C#CC.C#CC#CC.C#CC#CC#C.C#CC#CC#CC.C#CC#CC#CC#CC.CC#CC.CC#CC#CC#CC.CCCCCC1CCC(S(=O)(=O)C=[N+]=[N-])CC1. The Balaban J connectivity index is -0.0000000779. The molecule has 0 saturated heterocycles. The monoisotopic (exact) mass is 834 g/mol. The molecule has 314 valence electrons. The lowest BCUT2D eigenvalue weighted by Gasteiger charge is -2.26. The Morgan fingerprint density at radius 3 is 1.05 bits per heavy atom. The molecule has 1 saturated carbocycles. The molecule has 4 nitrogen and oxygen atoms in total. The normalized spacial score (nSPS) is 9.24. The molecule has 0 aromatic carbocycles. The predicted octanol–water partition coefficient (Wildman–Crippen LogP) is 8.58. The first kappa shape index (κ1) is 74.4. The van der Waals surface area contributed by atoms with Crippen LogP contribution in [-0.4, -0.2) is 24.0 Å². The highest BCUT2D eigenvalue weighted by Gasteiger charge is 2.31. The van der Waals surface area contributed by atoms with Crippen LogP contribution < -0.4 is 0 Å². The Morgan fingerprint density at radius 2 is 0.790 bits per heavy atom. The van der Waals surface area contributed by atoms with Gasteiger partial charge in [0.25, 0.3) is 0 Å². The Kier molecular flexibility index (Phi) is 96.9. The summed E-state index contributed by atoms with van der Waals surface area (Å²) < 4.78 is 23.3. The van der Waals surface area contributed by atoms with Gasteiger partial charge in [-0.25, -0.2) is 8.42 Å². The van der Waals surface area contributed by atoms with E-state index < -0.39 is 9.84 Å². The van der Waals surface area contributed by atoms with Crippen LogP contribution in [0.3, 0.4) is 0 Å². The quantitative estimate of drug-likeness (QED) is 0.0673. The summed E-state index contributed by atoms with van der Waals surface area (Å²) in [6, 6.07) is 0. The third kappa shape index (κ3) is 93.3. The maximum Gasteiger partial charge on any atom is 0.370 e. The van der Waals surface area contributed by atoms with Gasteiger partial charge in [-0.3, -0.25) is 0 Å². The first-order valence-electron chi connectivity index (χ1n) is 17.8. The summed E-state index contributed by atoms with van der Waals surface area (Å²) in [6.45, 7) is 16.1. The fraction of sp³-hybridized carbons (Fsp3) is 0.351. The zero-order valence-electron chi connectivity index (χ0n) is 37.1. The van der Waals surface area contributed by atoms with Crippen molar-refractivity contribution < 1.29 is 13.2 Å². The van der Waals surface area contributed by atoms with Gasteiger partial charge in [-0.15, -0.1) is 69.1 Å². The van der Waals surface area contributed by atoms with Gasteiger partial charge < -0.3 is 5.53 Å². The number of sulfone groups is 1. The minimum absolute atomic E-state index is 0. The van der Waals surface area contributed by atoms with Crippen LogP contribution in [0.4, 0.5) is 0 Å². The first-order chi connectivity index (χ1) is 29.5. The summed E-state index contributed by atoms with van der Waals surface area (Å²) in [7, 11) is -3.32. The van der Waals surface area contributed by atoms with Gasteiger partial charge in [0.2, 0.25) is 9.84 Å². The largest absolute Gasteiger partial charge is 0.370 e. The Morgan fingerprint density at radius 1 is 0.500 bits per heavy atom. The standard InChI is InChI=1S/C12H22N2O2S.C9H4.C8H6.C7H4.C6H2.C5H4.C4H6.C3H4.C2H2.CH4/c1-2-3-4-5-11-6-8-12(9-7-11)17(15,16)10-14-13;1-3-5-7-9-8-6-4-2;1-3-5-7-8-6-4-2;1-3-5-7-6-4-2;1-3-5-6-4-2;1-3-5-4-2;1-3-4-2;1-3-2;1-2;/h10-12H,2-9H2,1H3;1H,2H3;1-2H3;1H,2H3;1-2H;1H,2H3;1-2H3;1H,2H3;1-2H;1H4. The van der Waals surface area contributed by atoms with Gasteiger partial charge in [0.05, 0.1) is 5.25 Å². The predicted molar refractivity (Wildman–Crippen MR) is 269 cm³/mol. The molecule has 1 aliphatic rings. The van der Waals surface area contributed by atoms with E-state index in [-0.39, 0.29) is 12.7 Å². The molecule has 0 N–H and O–H groups in total. The summed E-state index contributed by atoms with van der Waals surface area (Å²) in [5.74, 6) is 68.5. The average Bonchev–Trinajstić information content (AvgIpc) is 3.27. The van der Waals surface area contributed by atoms with E-state index in [1.165, 1.54) is 25.7 Å². The van der Waals surface area contributed by atoms with Crippen LogP contribution in [0, 0.1) is 223 Å². The molecule has 0 aliphatic heterocycles. The molecular formula is C57H58N2O2S. The molecule has 0 bridgehead atoms. The molecular weight excluding hydrogens is 777 g/mol. The highest BCUT2D eigenvalue weighted by molar-refractivity contribution is 8.04. The van der Waals surface area contributed by atoms with Crippen LogP contribution in [-0.2, 0) is 9.84 Å². The van der Waals surface area contributed by atoms with Crippen molar-refractivity contribution in [2.45, 2.75) is 126 Å². The second kappa shape index (κ2) is 80.8. The van der Waals surface area contributed by atoms with Gasteiger partial charge in [0, 0.05) is 0 Å². The Bertz CT molecular complexity index is 2330. The highest BCUT2D eigenvalue weighted by atomic mass is 32.2. The average molecular weight is 835 g/mol. The fourth-order valence-electron chi connectivity index (χ4n) is 3.24. The topological polar surface area (TPSA) is 70.5 Å². The highest BCUT2D eigenvalue weighted by Crippen LogP contribution is 2.31. The summed E-state index contributed by atoms with van der Waals surface area (Å²) in [4.78, 5) is 2.65. The molecule has 0 heterocycles. The van der Waals surface area contributed by atoms with Crippen molar-refractivity contribution in [1.29, 1.82) is 0 Å². The fourth-order valence-corrected chi connectivity index (χ4v) is 4.47. The molecule has 0 amide bonds. The summed E-state index contributed by atoms with van der Waals surface area (Å²) in [5, 5.41) is -0.333. The number of unbranched alkanes of at least 4 members (excludes halogenated alkanes) is 2. The summed E-state index contributed by atoms with van der Waals surface area (Å²) in [6.07, 6.45) is 44.7. The zero-order chi connectivity index (χ0) is 48.5. The molecule has 0 radical (unpaired) electrons. The lowest BCUT2D eigenvalue weighted by atomic mass is 9.85. The Labute approximate surface area is 381 Å². The zero-order valence-corrected chi connectivity index (χ0v) is 37.9. The molecule has 0 aromatic rings. The molecule has 1 rings (SSSR count). The van der Waals surface area contributed by atoms with E-state index in [0.29, 0.717) is 24.3 Å². The second-order valence-corrected chi connectivity index (χ2v) is 11.6. The van der Waals surface area contributed by atoms with E-state index >= 15 is 0 Å². The van der Waals surface area contributed by atoms with E-state index in [1.807, 2.05) is 13.8 Å². The van der Waals surface area contributed by atoms with E-state index in [9.17, 15) is 8.42 Å². The summed E-state index contributed by atoms with van der Waals surface area (Å²) in [5.41, 5.74) is 9.01. The number of terminal acetylenes is 7. The molecule has 62 heavy (non-hydrogen) atoms. The summed E-state index contributed by atoms with van der Waals surface area (Å²) >= 11 is 0. The molecule has 0 spiro atoms. The van der Waals surface area contributed by atoms with E-state index in [4.69, 9.17) is 37.6 Å². The van der Waals surface area contributed by atoms with Crippen molar-refractivity contribution in [2.75, 3.05) is 0 Å². The van der Waals surface area contributed by atoms with Crippen molar-refractivity contribution in [1.82, 2.24) is 0 Å². The maximum atomic E-state index is 11.6. The molecule has 0 unspecified atom stereocenters. The van der Waals surface area contributed by atoms with Gasteiger partial charge in [0.1, 0.15) is 0 Å². The van der Waals surface area contributed by atoms with Gasteiger partial charge in [-0.2, -0.15) is 4.79 Å². The van der Waals surface area contributed by atoms with E-state index in [0.717, 1.165) is 12.8 Å². The number of nitrogens with zero attached hydrogens (tertiary/aromatic N) is 2. The van der Waals surface area contributed by atoms with E-state index in [1.54, 1.807) is 41.5 Å². The van der Waals surface area contributed by atoms with Crippen molar-refractivity contribution >= 4 is 15.4 Å². The first-order valence-corrected chi connectivity index (χ1v) is 19.4. The third-order valence-corrected chi connectivity index (χ3v) is 7.32. The molecule has 0 atom stereocenters. The number of hydrogen-bond acceptors (Lipinski definition) is 2. The van der Waals surface area contributed by atoms with Gasteiger partial charge >= 0.3 is 5.55 Å². The Hall–Kier alpha value is -8.59. The smallest absolute Gasteiger partial charge is 0.361 e. The molecule has 5 heteroatoms. The maximum absolute atomic E-state index is 11.6. The molecule has 0 aromatic heterocycles. The van der Waals surface area contributed by atoms with Crippen LogP contribution in [0.1, 0.15) is 121 Å². The van der Waals surface area contributed by atoms with Gasteiger partial charge in [-0.05, 0) is 205 Å². The van der Waals surface area contributed by atoms with Crippen LogP contribution in [0.15, 0.2) is 0 Å². The van der Waals surface area contributed by atoms with E-state index in [2.05, 4.69) is 197 Å². The molecule has 1 aliphatic carbocycles. The third-order valence-electron chi connectivity index (χ3n) is 5.53.